The average molecular weight is 255 g/mol. The molecule has 0 saturated heterocycles. The molecule has 1 atom stereocenters. The number of rotatable bonds is 5. The van der Waals surface area contributed by atoms with Crippen molar-refractivity contribution in [1.82, 2.24) is 0 Å². The minimum absolute atomic E-state index is 0.112. The highest BCUT2D eigenvalue weighted by Crippen LogP contribution is 2.26. The molecule has 1 aromatic rings. The van der Waals surface area contributed by atoms with Crippen molar-refractivity contribution in [3.8, 4) is 0 Å². The maximum absolute atomic E-state index is 6.13. The highest BCUT2D eigenvalue weighted by atomic mass is 35.5. The van der Waals surface area contributed by atoms with Gasteiger partial charge in [-0.2, -0.15) is 0 Å². The molecule has 1 unspecified atom stereocenters. The van der Waals surface area contributed by atoms with Crippen molar-refractivity contribution in [2.75, 3.05) is 0 Å². The summed E-state index contributed by atoms with van der Waals surface area (Å²) in [7, 11) is -1.53. The van der Waals surface area contributed by atoms with Crippen molar-refractivity contribution in [1.29, 1.82) is 0 Å². The zero-order chi connectivity index (χ0) is 12.2. The summed E-state index contributed by atoms with van der Waals surface area (Å²) >= 11 is 5.87. The van der Waals surface area contributed by atoms with Crippen molar-refractivity contribution in [2.45, 2.75) is 32.2 Å². The number of benzene rings is 1. The van der Waals surface area contributed by atoms with Gasteiger partial charge in [0.15, 0.2) is 8.32 Å². The Balaban J connectivity index is 2.84. The maximum atomic E-state index is 6.13. The summed E-state index contributed by atoms with van der Waals surface area (Å²) in [5, 5.41) is 0.758. The summed E-state index contributed by atoms with van der Waals surface area (Å²) < 4.78 is 6.13. The normalized spacial score (nSPS) is 13.5. The molecule has 3 heteroatoms. The van der Waals surface area contributed by atoms with Gasteiger partial charge in [-0.3, -0.25) is 0 Å². The molecule has 88 valence electrons. The van der Waals surface area contributed by atoms with Gasteiger partial charge in [0.2, 0.25) is 0 Å². The van der Waals surface area contributed by atoms with Gasteiger partial charge in [0.25, 0.3) is 0 Å². The van der Waals surface area contributed by atoms with Crippen LogP contribution in [0.25, 0.3) is 0 Å². The molecule has 0 aliphatic rings. The summed E-state index contributed by atoms with van der Waals surface area (Å²) in [5.74, 6) is 0. The zero-order valence-electron chi connectivity index (χ0n) is 10.2. The summed E-state index contributed by atoms with van der Waals surface area (Å²) in [4.78, 5) is 0. The average Bonchev–Trinajstić information content (AvgIpc) is 2.16. The Bertz CT molecular complexity index is 340. The summed E-state index contributed by atoms with van der Waals surface area (Å²) in [6.45, 7) is 10.4. The van der Waals surface area contributed by atoms with E-state index in [4.69, 9.17) is 16.0 Å². The van der Waals surface area contributed by atoms with Crippen LogP contribution in [0.3, 0.4) is 0 Å². The Labute approximate surface area is 104 Å². The fourth-order valence-electron chi connectivity index (χ4n) is 1.51. The lowest BCUT2D eigenvalue weighted by Gasteiger charge is -2.26. The third-order valence-corrected chi connectivity index (χ3v) is 3.36. The van der Waals surface area contributed by atoms with Gasteiger partial charge in [-0.05, 0) is 43.8 Å². The van der Waals surface area contributed by atoms with E-state index >= 15 is 0 Å². The van der Waals surface area contributed by atoms with Crippen LogP contribution in [0.2, 0.25) is 24.7 Å². The van der Waals surface area contributed by atoms with E-state index < -0.39 is 8.32 Å². The molecule has 0 fully saturated rings. The van der Waals surface area contributed by atoms with Crippen LogP contribution in [0.4, 0.5) is 0 Å². The summed E-state index contributed by atoms with van der Waals surface area (Å²) in [6.07, 6.45) is 2.85. The minimum Gasteiger partial charge on any atom is -0.410 e. The fourth-order valence-corrected chi connectivity index (χ4v) is 2.72. The summed E-state index contributed by atoms with van der Waals surface area (Å²) in [5.41, 5.74) is 1.17. The smallest absolute Gasteiger partial charge is 0.184 e. The lowest BCUT2D eigenvalue weighted by atomic mass is 10.1. The third-order valence-electron chi connectivity index (χ3n) is 2.12. The largest absolute Gasteiger partial charge is 0.410 e. The number of hydrogen-bond acceptors (Lipinski definition) is 1. The van der Waals surface area contributed by atoms with E-state index in [1.54, 1.807) is 0 Å². The van der Waals surface area contributed by atoms with Crippen LogP contribution in [0.1, 0.15) is 18.1 Å². The molecule has 0 heterocycles. The van der Waals surface area contributed by atoms with Crippen LogP contribution < -0.4 is 0 Å². The second-order valence-electron chi connectivity index (χ2n) is 4.79. The Morgan fingerprint density at radius 1 is 1.31 bits per heavy atom. The Morgan fingerprint density at radius 3 is 2.31 bits per heavy atom. The van der Waals surface area contributed by atoms with Gasteiger partial charge in [0, 0.05) is 5.02 Å². The standard InChI is InChI=1S/C13H19ClOSi/c1-5-6-13(15-16(2,3)4)11-7-9-12(14)10-8-11/h5,7-10,13H,1,6H2,2-4H3. The quantitative estimate of drug-likeness (QED) is 0.541. The molecule has 1 rings (SSSR count). The lowest BCUT2D eigenvalue weighted by Crippen LogP contribution is -2.27. The first-order valence-corrected chi connectivity index (χ1v) is 9.25. The van der Waals surface area contributed by atoms with Gasteiger partial charge in [0.1, 0.15) is 0 Å². The molecule has 1 aromatic carbocycles. The van der Waals surface area contributed by atoms with Gasteiger partial charge >= 0.3 is 0 Å². The van der Waals surface area contributed by atoms with E-state index in [1.807, 2.05) is 30.3 Å². The fraction of sp³-hybridized carbons (Fsp3) is 0.385. The van der Waals surface area contributed by atoms with Crippen molar-refractivity contribution >= 4 is 19.9 Å². The van der Waals surface area contributed by atoms with E-state index in [-0.39, 0.29) is 6.10 Å². The predicted octanol–water partition coefficient (Wildman–Crippen LogP) is 4.81. The summed E-state index contributed by atoms with van der Waals surface area (Å²) in [6, 6.07) is 7.86. The van der Waals surface area contributed by atoms with Crippen molar-refractivity contribution < 1.29 is 4.43 Å². The van der Waals surface area contributed by atoms with E-state index in [2.05, 4.69) is 26.2 Å². The Kier molecular flexibility index (Phi) is 4.78. The molecule has 0 aromatic heterocycles. The second kappa shape index (κ2) is 5.67. The molecule has 0 bridgehead atoms. The molecular weight excluding hydrogens is 236 g/mol. The monoisotopic (exact) mass is 254 g/mol. The molecule has 0 aliphatic heterocycles. The Hall–Kier alpha value is -0.573. The molecular formula is C13H19ClOSi. The maximum Gasteiger partial charge on any atom is 0.184 e. The van der Waals surface area contributed by atoms with Crippen LogP contribution >= 0.6 is 11.6 Å². The molecule has 0 amide bonds. The molecule has 0 saturated carbocycles. The van der Waals surface area contributed by atoms with Crippen LogP contribution in [-0.2, 0) is 4.43 Å². The van der Waals surface area contributed by atoms with E-state index in [1.165, 1.54) is 5.56 Å². The highest BCUT2D eigenvalue weighted by Gasteiger charge is 2.21. The number of halogens is 1. The van der Waals surface area contributed by atoms with E-state index in [9.17, 15) is 0 Å². The molecule has 0 N–H and O–H groups in total. The predicted molar refractivity (Wildman–Crippen MR) is 73.4 cm³/mol. The first-order valence-electron chi connectivity index (χ1n) is 5.46. The third kappa shape index (κ3) is 4.52. The molecule has 16 heavy (non-hydrogen) atoms. The van der Waals surface area contributed by atoms with Crippen LogP contribution in [-0.4, -0.2) is 8.32 Å². The van der Waals surface area contributed by atoms with Crippen LogP contribution in [0, 0.1) is 0 Å². The molecule has 0 radical (unpaired) electrons. The SMILES string of the molecule is C=CCC(O[Si](C)(C)C)c1ccc(Cl)cc1. The zero-order valence-corrected chi connectivity index (χ0v) is 11.9. The van der Waals surface area contributed by atoms with Crippen LogP contribution in [0.15, 0.2) is 36.9 Å². The van der Waals surface area contributed by atoms with Gasteiger partial charge in [-0.1, -0.05) is 29.8 Å². The van der Waals surface area contributed by atoms with Gasteiger partial charge in [-0.15, -0.1) is 6.58 Å². The van der Waals surface area contributed by atoms with Gasteiger partial charge in [-0.25, -0.2) is 0 Å². The van der Waals surface area contributed by atoms with Gasteiger partial charge < -0.3 is 4.43 Å². The highest BCUT2D eigenvalue weighted by molar-refractivity contribution is 6.69. The number of hydrogen-bond donors (Lipinski definition) is 0. The Morgan fingerprint density at radius 2 is 1.88 bits per heavy atom. The first kappa shape index (κ1) is 13.5. The molecule has 0 spiro atoms. The molecule has 1 nitrogen and oxygen atoms in total. The van der Waals surface area contributed by atoms with Crippen molar-refractivity contribution in [2.24, 2.45) is 0 Å². The minimum atomic E-state index is -1.53. The van der Waals surface area contributed by atoms with Crippen molar-refractivity contribution in [3.63, 3.8) is 0 Å². The van der Waals surface area contributed by atoms with E-state index in [0.717, 1.165) is 11.4 Å². The lowest BCUT2D eigenvalue weighted by molar-refractivity contribution is 0.201. The first-order chi connectivity index (χ1) is 7.42. The van der Waals surface area contributed by atoms with E-state index in [0.29, 0.717) is 0 Å². The molecule has 0 aliphatic carbocycles. The van der Waals surface area contributed by atoms with Gasteiger partial charge in [0.05, 0.1) is 6.10 Å². The topological polar surface area (TPSA) is 9.23 Å². The van der Waals surface area contributed by atoms with Crippen LogP contribution in [0.5, 0.6) is 0 Å². The second-order valence-corrected chi connectivity index (χ2v) is 9.69. The van der Waals surface area contributed by atoms with Crippen molar-refractivity contribution in [3.05, 3.63) is 47.5 Å².